The third-order valence-electron chi connectivity index (χ3n) is 4.91. The third-order valence-corrected chi connectivity index (χ3v) is 4.91. The number of nitrogens with zero attached hydrogens (tertiary/aromatic N) is 3. The summed E-state index contributed by atoms with van der Waals surface area (Å²) in [4.78, 5) is 16.4. The van der Waals surface area contributed by atoms with Gasteiger partial charge in [0.05, 0.1) is 6.54 Å². The largest absolute Gasteiger partial charge is 0.481 e. The normalized spacial score (nSPS) is 11.6. The Labute approximate surface area is 181 Å². The van der Waals surface area contributed by atoms with Gasteiger partial charge in [-0.05, 0) is 41.3 Å². The monoisotopic (exact) mass is 412 g/mol. The fourth-order valence-corrected chi connectivity index (χ4v) is 3.29. The van der Waals surface area contributed by atoms with Crippen LogP contribution in [0.4, 0.5) is 0 Å². The first kappa shape index (κ1) is 20.3. The van der Waals surface area contributed by atoms with Gasteiger partial charge in [-0.1, -0.05) is 66.7 Å². The highest BCUT2D eigenvalue weighted by molar-refractivity contribution is 5.80. The Bertz CT molecular complexity index is 1110. The van der Waals surface area contributed by atoms with Gasteiger partial charge >= 0.3 is 0 Å². The molecule has 0 saturated heterocycles. The third kappa shape index (κ3) is 5.57. The SMILES string of the molecule is CC(Oc1ccc(-c2ccccc2)cc1)C(=O)NCc1cccc(Cn2cncn2)c1. The van der Waals surface area contributed by atoms with Gasteiger partial charge < -0.3 is 10.1 Å². The van der Waals surface area contributed by atoms with Crippen LogP contribution in [-0.2, 0) is 17.9 Å². The van der Waals surface area contributed by atoms with E-state index in [4.69, 9.17) is 4.74 Å². The van der Waals surface area contributed by atoms with Gasteiger partial charge in [0, 0.05) is 6.54 Å². The maximum Gasteiger partial charge on any atom is 0.261 e. The molecule has 1 aromatic heterocycles. The van der Waals surface area contributed by atoms with Crippen LogP contribution >= 0.6 is 0 Å². The Balaban J connectivity index is 1.30. The van der Waals surface area contributed by atoms with Crippen molar-refractivity contribution in [2.45, 2.75) is 26.1 Å². The number of hydrogen-bond acceptors (Lipinski definition) is 4. The Morgan fingerprint density at radius 3 is 2.45 bits per heavy atom. The standard InChI is InChI=1S/C25H24N4O2/c1-19(31-24-12-10-23(11-13-24)22-8-3-2-4-9-22)25(30)27-15-20-6-5-7-21(14-20)16-29-18-26-17-28-29/h2-14,17-19H,15-16H2,1H3,(H,27,30). The van der Waals surface area contributed by atoms with Gasteiger partial charge in [-0.3, -0.25) is 4.79 Å². The molecular weight excluding hydrogens is 388 g/mol. The summed E-state index contributed by atoms with van der Waals surface area (Å²) in [5.41, 5.74) is 4.37. The lowest BCUT2D eigenvalue weighted by atomic mass is 10.1. The molecule has 1 N–H and O–H groups in total. The molecular formula is C25H24N4O2. The first-order valence-electron chi connectivity index (χ1n) is 10.2. The zero-order valence-corrected chi connectivity index (χ0v) is 17.3. The van der Waals surface area contributed by atoms with Crippen LogP contribution in [0.5, 0.6) is 5.75 Å². The van der Waals surface area contributed by atoms with Crippen molar-refractivity contribution in [1.29, 1.82) is 0 Å². The van der Waals surface area contributed by atoms with Crippen LogP contribution in [0.1, 0.15) is 18.1 Å². The second kappa shape index (κ2) is 9.71. The molecule has 156 valence electrons. The highest BCUT2D eigenvalue weighted by Gasteiger charge is 2.14. The summed E-state index contributed by atoms with van der Waals surface area (Å²) in [6.07, 6.45) is 2.60. The molecule has 0 saturated carbocycles. The average Bonchev–Trinajstić information content (AvgIpc) is 3.32. The van der Waals surface area contributed by atoms with E-state index in [1.165, 1.54) is 6.33 Å². The van der Waals surface area contributed by atoms with Gasteiger partial charge in [0.2, 0.25) is 0 Å². The molecule has 1 amide bonds. The molecule has 0 spiro atoms. The van der Waals surface area contributed by atoms with Crippen molar-refractivity contribution in [3.8, 4) is 16.9 Å². The summed E-state index contributed by atoms with van der Waals surface area (Å²) >= 11 is 0. The molecule has 0 fully saturated rings. The fraction of sp³-hybridized carbons (Fsp3) is 0.160. The lowest BCUT2D eigenvalue weighted by molar-refractivity contribution is -0.127. The van der Waals surface area contributed by atoms with Gasteiger partial charge in [-0.25, -0.2) is 9.67 Å². The summed E-state index contributed by atoms with van der Waals surface area (Å²) in [6, 6.07) is 25.9. The molecule has 0 bridgehead atoms. The van der Waals surface area contributed by atoms with E-state index in [2.05, 4.69) is 33.6 Å². The number of ether oxygens (including phenoxy) is 1. The number of carbonyl (C=O) groups excluding carboxylic acids is 1. The van der Waals surface area contributed by atoms with Gasteiger partial charge in [-0.15, -0.1) is 0 Å². The molecule has 3 aromatic carbocycles. The highest BCUT2D eigenvalue weighted by atomic mass is 16.5. The number of aromatic nitrogens is 3. The number of benzene rings is 3. The van der Waals surface area contributed by atoms with Gasteiger partial charge in [0.15, 0.2) is 6.10 Å². The van der Waals surface area contributed by atoms with Crippen molar-refractivity contribution in [1.82, 2.24) is 20.1 Å². The first-order chi connectivity index (χ1) is 15.2. The van der Waals surface area contributed by atoms with Crippen molar-refractivity contribution in [2.24, 2.45) is 0 Å². The predicted molar refractivity (Wildman–Crippen MR) is 119 cm³/mol. The topological polar surface area (TPSA) is 69.0 Å². The van der Waals surface area contributed by atoms with Crippen LogP contribution in [0.2, 0.25) is 0 Å². The fourth-order valence-electron chi connectivity index (χ4n) is 3.29. The van der Waals surface area contributed by atoms with Crippen molar-refractivity contribution in [3.63, 3.8) is 0 Å². The summed E-state index contributed by atoms with van der Waals surface area (Å²) < 4.78 is 7.58. The summed E-state index contributed by atoms with van der Waals surface area (Å²) in [5.74, 6) is 0.506. The first-order valence-corrected chi connectivity index (χ1v) is 10.2. The molecule has 6 nitrogen and oxygen atoms in total. The van der Waals surface area contributed by atoms with Crippen molar-refractivity contribution in [2.75, 3.05) is 0 Å². The van der Waals surface area contributed by atoms with Crippen LogP contribution in [-0.4, -0.2) is 26.8 Å². The molecule has 4 aromatic rings. The van der Waals surface area contributed by atoms with Crippen LogP contribution in [0.25, 0.3) is 11.1 Å². The minimum absolute atomic E-state index is 0.159. The Kier molecular flexibility index (Phi) is 6.38. The molecule has 1 unspecified atom stereocenters. The molecule has 6 heteroatoms. The Morgan fingerprint density at radius 2 is 1.71 bits per heavy atom. The van der Waals surface area contributed by atoms with E-state index < -0.39 is 6.10 Å². The lowest BCUT2D eigenvalue weighted by Gasteiger charge is -2.15. The smallest absolute Gasteiger partial charge is 0.261 e. The predicted octanol–water partition coefficient (Wildman–Crippen LogP) is 4.08. The van der Waals surface area contributed by atoms with Crippen molar-refractivity contribution in [3.05, 3.63) is 103 Å². The van der Waals surface area contributed by atoms with E-state index in [-0.39, 0.29) is 5.91 Å². The maximum atomic E-state index is 12.5. The molecule has 31 heavy (non-hydrogen) atoms. The number of rotatable bonds is 8. The number of amides is 1. The van der Waals surface area contributed by atoms with Gasteiger partial charge in [-0.2, -0.15) is 5.10 Å². The molecule has 1 atom stereocenters. The second-order valence-corrected chi connectivity index (χ2v) is 7.28. The minimum Gasteiger partial charge on any atom is -0.481 e. The van der Waals surface area contributed by atoms with E-state index in [0.29, 0.717) is 18.8 Å². The van der Waals surface area contributed by atoms with E-state index in [0.717, 1.165) is 22.3 Å². The number of carbonyl (C=O) groups is 1. The second-order valence-electron chi connectivity index (χ2n) is 7.28. The molecule has 4 rings (SSSR count). The number of hydrogen-bond donors (Lipinski definition) is 1. The van der Waals surface area contributed by atoms with E-state index in [9.17, 15) is 4.79 Å². The number of nitrogens with one attached hydrogen (secondary N) is 1. The molecule has 0 aliphatic heterocycles. The summed E-state index contributed by atoms with van der Waals surface area (Å²) in [7, 11) is 0. The van der Waals surface area contributed by atoms with E-state index >= 15 is 0 Å². The summed E-state index contributed by atoms with van der Waals surface area (Å²) in [6.45, 7) is 2.83. The van der Waals surface area contributed by atoms with E-state index in [1.54, 1.807) is 17.9 Å². The molecule has 0 radical (unpaired) electrons. The Hall–Kier alpha value is -3.93. The average molecular weight is 412 g/mol. The Morgan fingerprint density at radius 1 is 0.968 bits per heavy atom. The van der Waals surface area contributed by atoms with Gasteiger partial charge in [0.1, 0.15) is 18.4 Å². The van der Waals surface area contributed by atoms with Crippen LogP contribution in [0, 0.1) is 0 Å². The highest BCUT2D eigenvalue weighted by Crippen LogP contribution is 2.22. The zero-order valence-electron chi connectivity index (χ0n) is 17.3. The van der Waals surface area contributed by atoms with Crippen LogP contribution in [0.3, 0.4) is 0 Å². The van der Waals surface area contributed by atoms with Crippen LogP contribution < -0.4 is 10.1 Å². The summed E-state index contributed by atoms with van der Waals surface area (Å²) in [5, 5.41) is 7.06. The van der Waals surface area contributed by atoms with Crippen molar-refractivity contribution < 1.29 is 9.53 Å². The molecule has 0 aliphatic carbocycles. The maximum absolute atomic E-state index is 12.5. The lowest BCUT2D eigenvalue weighted by Crippen LogP contribution is -2.35. The molecule has 0 aliphatic rings. The molecule has 1 heterocycles. The van der Waals surface area contributed by atoms with Gasteiger partial charge in [0.25, 0.3) is 5.91 Å². The van der Waals surface area contributed by atoms with Crippen molar-refractivity contribution >= 4 is 5.91 Å². The zero-order chi connectivity index (χ0) is 21.5. The van der Waals surface area contributed by atoms with E-state index in [1.807, 2.05) is 60.7 Å². The van der Waals surface area contributed by atoms with Crippen LogP contribution in [0.15, 0.2) is 91.5 Å². The quantitative estimate of drug-likeness (QED) is 0.474. The minimum atomic E-state index is -0.596.